The maximum Gasteiger partial charge on any atom is 0.354 e. The molecule has 0 spiro atoms. The van der Waals surface area contributed by atoms with Gasteiger partial charge in [0.05, 0.1) is 30.5 Å². The molecule has 2 aromatic carbocycles. The molecule has 0 radical (unpaired) electrons. The number of pyridine rings is 1. The smallest absolute Gasteiger partial charge is 0.354 e. The van der Waals surface area contributed by atoms with Crippen LogP contribution in [0.3, 0.4) is 0 Å². The molecule has 1 unspecified atom stereocenters. The molecule has 4 rings (SSSR count). The molecule has 9 heteroatoms. The lowest BCUT2D eigenvalue weighted by Gasteiger charge is -2.29. The molecule has 2 heterocycles. The van der Waals surface area contributed by atoms with Crippen LogP contribution in [0.5, 0.6) is 0 Å². The Kier molecular flexibility index (Phi) is 5.70. The summed E-state index contributed by atoms with van der Waals surface area (Å²) >= 11 is 0. The molecule has 3 aromatic rings. The van der Waals surface area contributed by atoms with Gasteiger partial charge in [-0.3, -0.25) is 4.79 Å². The summed E-state index contributed by atoms with van der Waals surface area (Å²) in [5.74, 6) is -2.67. The van der Waals surface area contributed by atoms with E-state index in [0.29, 0.717) is 24.9 Å². The van der Waals surface area contributed by atoms with Gasteiger partial charge in [-0.1, -0.05) is 36.4 Å². The van der Waals surface area contributed by atoms with E-state index >= 15 is 0 Å². The number of carbonyl (C=O) groups excluding carboxylic acids is 2. The number of aromatic nitrogens is 1. The van der Waals surface area contributed by atoms with Gasteiger partial charge in [0, 0.05) is 22.4 Å². The van der Waals surface area contributed by atoms with Crippen LogP contribution in [-0.2, 0) is 48.4 Å². The first-order valence-electron chi connectivity index (χ1n) is 9.91. The van der Waals surface area contributed by atoms with E-state index in [9.17, 15) is 23.7 Å². The van der Waals surface area contributed by atoms with Gasteiger partial charge in [-0.15, -0.1) is 0 Å². The Labute approximate surface area is 185 Å². The van der Waals surface area contributed by atoms with E-state index in [2.05, 4.69) is 0 Å². The SMILES string of the molecule is COC(=O)C(O)(C(=O)OC)c1c(S(=O)c2ccccc2)c(=O)n2c3c(cccc13)CCC2. The number of hydrogen-bond donors (Lipinski definition) is 1. The number of nitrogens with zero attached hydrogens (tertiary/aromatic N) is 1. The molecule has 0 fully saturated rings. The third-order valence-corrected chi connectivity index (χ3v) is 7.07. The van der Waals surface area contributed by atoms with Gasteiger partial charge < -0.3 is 19.1 Å². The molecule has 0 saturated carbocycles. The van der Waals surface area contributed by atoms with E-state index in [-0.39, 0.29) is 20.7 Å². The van der Waals surface area contributed by atoms with Crippen LogP contribution in [-0.4, -0.2) is 40.0 Å². The summed E-state index contributed by atoms with van der Waals surface area (Å²) in [5.41, 5.74) is -2.70. The summed E-state index contributed by atoms with van der Waals surface area (Å²) in [6.45, 7) is 0.375. The lowest BCUT2D eigenvalue weighted by molar-refractivity contribution is -0.181. The molecule has 1 N–H and O–H groups in total. The fraction of sp³-hybridized carbons (Fsp3) is 0.261. The molecule has 0 saturated heterocycles. The highest BCUT2D eigenvalue weighted by Crippen LogP contribution is 2.37. The van der Waals surface area contributed by atoms with Crippen molar-refractivity contribution in [2.24, 2.45) is 0 Å². The largest absolute Gasteiger partial charge is 0.466 e. The number of hydrogen-bond acceptors (Lipinski definition) is 7. The molecule has 1 aliphatic rings. The van der Waals surface area contributed by atoms with Crippen LogP contribution >= 0.6 is 0 Å². The summed E-state index contributed by atoms with van der Waals surface area (Å²) in [5, 5.41) is 11.7. The van der Waals surface area contributed by atoms with Crippen molar-refractivity contribution in [3.63, 3.8) is 0 Å². The number of para-hydroxylation sites is 1. The number of ether oxygens (including phenoxy) is 2. The third kappa shape index (κ3) is 3.16. The van der Waals surface area contributed by atoms with Crippen molar-refractivity contribution in [2.45, 2.75) is 34.8 Å². The first kappa shape index (κ1) is 21.9. The summed E-state index contributed by atoms with van der Waals surface area (Å²) in [4.78, 5) is 39.1. The summed E-state index contributed by atoms with van der Waals surface area (Å²) in [6.07, 6.45) is 1.37. The van der Waals surface area contributed by atoms with E-state index in [1.54, 1.807) is 42.5 Å². The fourth-order valence-corrected chi connectivity index (χ4v) is 5.54. The molecule has 1 aromatic heterocycles. The van der Waals surface area contributed by atoms with E-state index in [1.165, 1.54) is 4.57 Å². The van der Waals surface area contributed by atoms with Gasteiger partial charge >= 0.3 is 11.9 Å². The van der Waals surface area contributed by atoms with Gasteiger partial charge in [-0.25, -0.2) is 13.8 Å². The number of esters is 2. The van der Waals surface area contributed by atoms with E-state index < -0.39 is 33.9 Å². The van der Waals surface area contributed by atoms with Crippen molar-refractivity contribution < 1.29 is 28.4 Å². The Bertz CT molecular complexity index is 1300. The van der Waals surface area contributed by atoms with Gasteiger partial charge in [0.15, 0.2) is 0 Å². The zero-order valence-corrected chi connectivity index (χ0v) is 18.3. The number of aryl methyl sites for hydroxylation is 2. The zero-order chi connectivity index (χ0) is 23.0. The van der Waals surface area contributed by atoms with Gasteiger partial charge in [-0.2, -0.15) is 0 Å². The van der Waals surface area contributed by atoms with Crippen molar-refractivity contribution >= 4 is 33.6 Å². The zero-order valence-electron chi connectivity index (χ0n) is 17.5. The average Bonchev–Trinajstić information content (AvgIpc) is 2.84. The number of aliphatic hydroxyl groups is 1. The molecular weight excluding hydrogens is 434 g/mol. The summed E-state index contributed by atoms with van der Waals surface area (Å²) in [6, 6.07) is 13.3. The van der Waals surface area contributed by atoms with Crippen LogP contribution in [0, 0.1) is 0 Å². The van der Waals surface area contributed by atoms with Crippen LogP contribution in [0.4, 0.5) is 0 Å². The second kappa shape index (κ2) is 8.33. The predicted octanol–water partition coefficient (Wildman–Crippen LogP) is 1.65. The van der Waals surface area contributed by atoms with Crippen molar-refractivity contribution in [3.8, 4) is 0 Å². The van der Waals surface area contributed by atoms with Crippen LogP contribution in [0.1, 0.15) is 17.5 Å². The Hall–Kier alpha value is -3.30. The quantitative estimate of drug-likeness (QED) is 0.460. The number of methoxy groups -OCH3 is 2. The standard InChI is InChI=1S/C23H21NO7S/c1-30-21(26)23(28,22(27)31-2)17-16-12-6-8-14-9-7-13-24(18(14)16)20(25)19(17)32(29)15-10-4-3-5-11-15/h3-6,8,10-12,28H,7,9,13H2,1-2H3. The number of rotatable bonds is 5. The Morgan fingerprint density at radius 2 is 1.69 bits per heavy atom. The summed E-state index contributed by atoms with van der Waals surface area (Å²) in [7, 11) is -0.109. The molecule has 0 amide bonds. The van der Waals surface area contributed by atoms with Gasteiger partial charge in [-0.05, 0) is 30.5 Å². The molecule has 0 aliphatic carbocycles. The minimum absolute atomic E-state index is 0.263. The first-order chi connectivity index (χ1) is 15.4. The maximum absolute atomic E-state index is 13.7. The van der Waals surface area contributed by atoms with Crippen LogP contribution < -0.4 is 5.56 Å². The van der Waals surface area contributed by atoms with Crippen LogP contribution in [0.2, 0.25) is 0 Å². The Balaban J connectivity index is 2.22. The van der Waals surface area contributed by atoms with E-state index in [1.807, 2.05) is 6.07 Å². The third-order valence-electron chi connectivity index (χ3n) is 5.62. The number of benzene rings is 2. The van der Waals surface area contributed by atoms with Gasteiger partial charge in [0.25, 0.3) is 11.2 Å². The van der Waals surface area contributed by atoms with Crippen molar-refractivity contribution in [3.05, 3.63) is 70.0 Å². The highest BCUT2D eigenvalue weighted by Gasteiger charge is 2.53. The number of carbonyl (C=O) groups is 2. The van der Waals surface area contributed by atoms with Crippen molar-refractivity contribution in [2.75, 3.05) is 14.2 Å². The van der Waals surface area contributed by atoms with Crippen molar-refractivity contribution in [1.29, 1.82) is 0 Å². The first-order valence-corrected chi connectivity index (χ1v) is 11.1. The van der Waals surface area contributed by atoms with Crippen molar-refractivity contribution in [1.82, 2.24) is 4.57 Å². The van der Waals surface area contributed by atoms with Crippen LogP contribution in [0.15, 0.2) is 63.1 Å². The second-order valence-electron chi connectivity index (χ2n) is 7.35. The predicted molar refractivity (Wildman–Crippen MR) is 116 cm³/mol. The Morgan fingerprint density at radius 1 is 1.03 bits per heavy atom. The monoisotopic (exact) mass is 455 g/mol. The molecule has 1 aliphatic heterocycles. The second-order valence-corrected chi connectivity index (χ2v) is 8.77. The van der Waals surface area contributed by atoms with Gasteiger partial charge in [0.1, 0.15) is 4.90 Å². The van der Waals surface area contributed by atoms with Crippen LogP contribution in [0.25, 0.3) is 10.9 Å². The lowest BCUT2D eigenvalue weighted by Crippen LogP contribution is -2.48. The topological polar surface area (TPSA) is 112 Å². The Morgan fingerprint density at radius 3 is 2.31 bits per heavy atom. The molecule has 8 nitrogen and oxygen atoms in total. The van der Waals surface area contributed by atoms with E-state index in [4.69, 9.17) is 9.47 Å². The molecule has 1 atom stereocenters. The fourth-order valence-electron chi connectivity index (χ4n) is 4.18. The lowest BCUT2D eigenvalue weighted by atomic mass is 9.88. The maximum atomic E-state index is 13.7. The molecule has 0 bridgehead atoms. The minimum atomic E-state index is -2.99. The van der Waals surface area contributed by atoms with Gasteiger partial charge in [0.2, 0.25) is 0 Å². The molecular formula is C23H21NO7S. The molecule has 166 valence electrons. The minimum Gasteiger partial charge on any atom is -0.466 e. The normalized spacial score (nSPS) is 14.1. The highest BCUT2D eigenvalue weighted by atomic mass is 32.2. The highest BCUT2D eigenvalue weighted by molar-refractivity contribution is 7.85. The van der Waals surface area contributed by atoms with E-state index in [0.717, 1.165) is 19.8 Å². The average molecular weight is 455 g/mol. The summed E-state index contributed by atoms with van der Waals surface area (Å²) < 4.78 is 24.6. The molecule has 32 heavy (non-hydrogen) atoms.